The van der Waals surface area contributed by atoms with Crippen LogP contribution in [0.3, 0.4) is 0 Å². The number of hydrogen-bond acceptors (Lipinski definition) is 3. The Morgan fingerprint density at radius 1 is 1.41 bits per heavy atom. The highest BCUT2D eigenvalue weighted by Crippen LogP contribution is 2.29. The molecule has 3 N–H and O–H groups in total. The summed E-state index contributed by atoms with van der Waals surface area (Å²) in [5, 5.41) is 8.97. The molecule has 0 saturated carbocycles. The highest BCUT2D eigenvalue weighted by Gasteiger charge is 2.29. The predicted molar refractivity (Wildman–Crippen MR) is 68.9 cm³/mol. The van der Waals surface area contributed by atoms with Crippen LogP contribution in [0.25, 0.3) is 0 Å². The molecule has 1 aliphatic rings. The van der Waals surface area contributed by atoms with E-state index in [9.17, 15) is 4.79 Å². The van der Waals surface area contributed by atoms with Gasteiger partial charge in [0.1, 0.15) is 5.54 Å². The second-order valence-corrected chi connectivity index (χ2v) is 6.33. The van der Waals surface area contributed by atoms with Gasteiger partial charge in [0.15, 0.2) is 0 Å². The van der Waals surface area contributed by atoms with Crippen molar-refractivity contribution < 1.29 is 9.90 Å². The van der Waals surface area contributed by atoms with E-state index in [0.29, 0.717) is 11.8 Å². The van der Waals surface area contributed by atoms with Gasteiger partial charge in [-0.3, -0.25) is 4.79 Å². The molecule has 0 aromatic carbocycles. The van der Waals surface area contributed by atoms with E-state index >= 15 is 0 Å². The fourth-order valence-corrected chi connectivity index (χ4v) is 2.20. The molecule has 1 rings (SSSR count). The van der Waals surface area contributed by atoms with Crippen molar-refractivity contribution in [2.75, 3.05) is 19.6 Å². The van der Waals surface area contributed by atoms with Gasteiger partial charge in [0.05, 0.1) is 0 Å². The lowest BCUT2D eigenvalue weighted by molar-refractivity contribution is -0.143. The van der Waals surface area contributed by atoms with Crippen molar-refractivity contribution in [1.82, 2.24) is 4.90 Å². The molecule has 4 heteroatoms. The third-order valence-corrected chi connectivity index (χ3v) is 3.87. The number of rotatable bonds is 4. The van der Waals surface area contributed by atoms with Crippen LogP contribution in [0.4, 0.5) is 0 Å². The summed E-state index contributed by atoms with van der Waals surface area (Å²) in [5.74, 6) is -0.910. The summed E-state index contributed by atoms with van der Waals surface area (Å²) in [7, 11) is 0. The van der Waals surface area contributed by atoms with Crippen molar-refractivity contribution in [2.45, 2.75) is 52.0 Å². The minimum Gasteiger partial charge on any atom is -0.480 e. The molecule has 1 aliphatic heterocycles. The van der Waals surface area contributed by atoms with Crippen LogP contribution in [-0.4, -0.2) is 41.1 Å². The van der Waals surface area contributed by atoms with E-state index in [4.69, 9.17) is 10.8 Å². The number of carbonyl (C=O) groups is 1. The van der Waals surface area contributed by atoms with Crippen molar-refractivity contribution in [3.63, 3.8) is 0 Å². The van der Waals surface area contributed by atoms with Gasteiger partial charge in [0.25, 0.3) is 0 Å². The van der Waals surface area contributed by atoms with Gasteiger partial charge in [-0.2, -0.15) is 0 Å². The quantitative estimate of drug-likeness (QED) is 0.787. The number of hydrogen-bond donors (Lipinski definition) is 2. The molecule has 1 heterocycles. The van der Waals surface area contributed by atoms with Crippen LogP contribution in [0.2, 0.25) is 0 Å². The summed E-state index contributed by atoms with van der Waals surface area (Å²) < 4.78 is 0. The molecule has 0 radical (unpaired) electrons. The summed E-state index contributed by atoms with van der Waals surface area (Å²) in [5.41, 5.74) is 5.07. The van der Waals surface area contributed by atoms with E-state index in [1.165, 1.54) is 19.3 Å². The molecule has 0 aromatic rings. The number of nitrogens with zero attached hydrogens (tertiary/aromatic N) is 1. The van der Waals surface area contributed by atoms with Gasteiger partial charge in [-0.25, -0.2) is 0 Å². The first kappa shape index (κ1) is 14.5. The Morgan fingerprint density at radius 3 is 2.65 bits per heavy atom. The van der Waals surface area contributed by atoms with E-state index in [1.54, 1.807) is 6.92 Å². The lowest BCUT2D eigenvalue weighted by Gasteiger charge is -2.26. The van der Waals surface area contributed by atoms with Crippen LogP contribution in [0.5, 0.6) is 0 Å². The normalized spacial score (nSPS) is 24.9. The van der Waals surface area contributed by atoms with Crippen LogP contribution < -0.4 is 5.73 Å². The fourth-order valence-electron chi connectivity index (χ4n) is 2.20. The molecule has 1 saturated heterocycles. The maximum absolute atomic E-state index is 10.9. The zero-order chi connectivity index (χ0) is 13.1. The Labute approximate surface area is 104 Å². The molecule has 1 atom stereocenters. The fraction of sp³-hybridized carbons (Fsp3) is 0.923. The topological polar surface area (TPSA) is 66.6 Å². The van der Waals surface area contributed by atoms with Gasteiger partial charge >= 0.3 is 5.97 Å². The van der Waals surface area contributed by atoms with E-state index in [1.807, 2.05) is 0 Å². The number of likely N-dealkylation sites (tertiary alicyclic amines) is 1. The molecule has 0 bridgehead atoms. The molecule has 1 unspecified atom stereocenters. The molecule has 17 heavy (non-hydrogen) atoms. The van der Waals surface area contributed by atoms with Crippen LogP contribution in [0, 0.1) is 5.41 Å². The van der Waals surface area contributed by atoms with Crippen molar-refractivity contribution in [2.24, 2.45) is 11.1 Å². The van der Waals surface area contributed by atoms with E-state index in [-0.39, 0.29) is 0 Å². The average Bonchev–Trinajstić information content (AvgIpc) is 2.36. The van der Waals surface area contributed by atoms with Crippen molar-refractivity contribution in [1.29, 1.82) is 0 Å². The van der Waals surface area contributed by atoms with E-state index in [0.717, 1.165) is 19.6 Å². The summed E-state index contributed by atoms with van der Waals surface area (Å²) in [4.78, 5) is 13.3. The highest BCUT2D eigenvalue weighted by molar-refractivity contribution is 5.77. The first-order chi connectivity index (χ1) is 7.73. The highest BCUT2D eigenvalue weighted by atomic mass is 16.4. The second kappa shape index (κ2) is 5.36. The summed E-state index contributed by atoms with van der Waals surface area (Å²) >= 11 is 0. The van der Waals surface area contributed by atoms with E-state index < -0.39 is 11.5 Å². The molecule has 1 fully saturated rings. The van der Waals surface area contributed by atoms with Crippen LogP contribution in [-0.2, 0) is 4.79 Å². The largest absolute Gasteiger partial charge is 0.480 e. The van der Waals surface area contributed by atoms with Gasteiger partial charge in [0, 0.05) is 6.54 Å². The minimum atomic E-state index is -1.10. The van der Waals surface area contributed by atoms with Gasteiger partial charge < -0.3 is 15.7 Å². The lowest BCUT2D eigenvalue weighted by Crippen LogP contribution is -2.47. The number of nitrogens with two attached hydrogens (primary N) is 1. The second-order valence-electron chi connectivity index (χ2n) is 6.33. The lowest BCUT2D eigenvalue weighted by atomic mass is 9.85. The molecule has 0 amide bonds. The third-order valence-electron chi connectivity index (χ3n) is 3.87. The molecule has 0 spiro atoms. The van der Waals surface area contributed by atoms with Crippen LogP contribution in [0.1, 0.15) is 46.5 Å². The summed E-state index contributed by atoms with van der Waals surface area (Å²) in [6.45, 7) is 9.12. The Kier molecular flexibility index (Phi) is 4.55. The first-order valence-corrected chi connectivity index (χ1v) is 6.48. The molecule has 4 nitrogen and oxygen atoms in total. The summed E-state index contributed by atoms with van der Waals surface area (Å²) in [6, 6.07) is 0. The molecule has 0 aromatic heterocycles. The predicted octanol–water partition coefficient (Wildman–Crippen LogP) is 1.69. The molecular weight excluding hydrogens is 216 g/mol. The first-order valence-electron chi connectivity index (χ1n) is 6.48. The zero-order valence-corrected chi connectivity index (χ0v) is 11.3. The molecular formula is C13H26N2O2. The molecule has 0 aliphatic carbocycles. The van der Waals surface area contributed by atoms with Gasteiger partial charge in [-0.15, -0.1) is 0 Å². The van der Waals surface area contributed by atoms with Crippen LogP contribution >= 0.6 is 0 Å². The Bertz CT molecular complexity index is 275. The minimum absolute atomic E-state index is 0.424. The number of aliphatic carboxylic acids is 1. The standard InChI is InChI=1S/C13H26N2O2/c1-12(2)5-4-8-15(9-6-12)10-7-13(3,14)11(16)17/h4-10,14H2,1-3H3,(H,16,17). The maximum Gasteiger partial charge on any atom is 0.323 e. The van der Waals surface area contributed by atoms with Crippen LogP contribution in [0.15, 0.2) is 0 Å². The monoisotopic (exact) mass is 242 g/mol. The Hall–Kier alpha value is -0.610. The van der Waals surface area contributed by atoms with E-state index in [2.05, 4.69) is 18.7 Å². The average molecular weight is 242 g/mol. The third kappa shape index (κ3) is 4.64. The molecule has 100 valence electrons. The van der Waals surface area contributed by atoms with Gasteiger partial charge in [-0.05, 0) is 51.1 Å². The van der Waals surface area contributed by atoms with Gasteiger partial charge in [-0.1, -0.05) is 13.8 Å². The SMILES string of the molecule is CC1(C)CCCN(CCC(C)(N)C(=O)O)CC1. The van der Waals surface area contributed by atoms with Crippen molar-refractivity contribution in [3.05, 3.63) is 0 Å². The Morgan fingerprint density at radius 2 is 2.06 bits per heavy atom. The summed E-state index contributed by atoms with van der Waals surface area (Å²) in [6.07, 6.45) is 4.15. The van der Waals surface area contributed by atoms with Gasteiger partial charge in [0.2, 0.25) is 0 Å². The Balaban J connectivity index is 2.40. The smallest absolute Gasteiger partial charge is 0.323 e. The number of carboxylic acid groups (broad SMARTS) is 1. The maximum atomic E-state index is 10.9. The number of carboxylic acids is 1. The zero-order valence-electron chi connectivity index (χ0n) is 11.3. The van der Waals surface area contributed by atoms with Crippen molar-refractivity contribution >= 4 is 5.97 Å². The van der Waals surface area contributed by atoms with Crippen molar-refractivity contribution in [3.8, 4) is 0 Å².